The lowest BCUT2D eigenvalue weighted by molar-refractivity contribution is 0.397. The van der Waals surface area contributed by atoms with Crippen molar-refractivity contribution in [1.29, 1.82) is 0 Å². The van der Waals surface area contributed by atoms with Crippen LogP contribution in [-0.4, -0.2) is 28.2 Å². The molecular weight excluding hydrogens is 228 g/mol. The molecule has 3 rings (SSSR count). The standard InChI is InChI=1S/C13H18N4O/c1-13(5-4-6-15-13)9-8-17(2)12-11(9)14-7-10(16-12)18-3/h7-8,15H,4-6H2,1-3H3. The molecule has 96 valence electrons. The summed E-state index contributed by atoms with van der Waals surface area (Å²) >= 11 is 0. The number of aromatic nitrogens is 3. The highest BCUT2D eigenvalue weighted by molar-refractivity contribution is 5.77. The molecule has 1 N–H and O–H groups in total. The van der Waals surface area contributed by atoms with Gasteiger partial charge in [-0.05, 0) is 26.3 Å². The molecule has 0 amide bonds. The van der Waals surface area contributed by atoms with Gasteiger partial charge in [-0.15, -0.1) is 0 Å². The maximum atomic E-state index is 5.13. The third-order valence-corrected chi connectivity index (χ3v) is 3.82. The topological polar surface area (TPSA) is 52.0 Å². The largest absolute Gasteiger partial charge is 0.480 e. The fraction of sp³-hybridized carbons (Fsp3) is 0.538. The summed E-state index contributed by atoms with van der Waals surface area (Å²) in [4.78, 5) is 8.98. The van der Waals surface area contributed by atoms with Gasteiger partial charge in [0.2, 0.25) is 5.88 Å². The van der Waals surface area contributed by atoms with Crippen LogP contribution >= 0.6 is 0 Å². The minimum Gasteiger partial charge on any atom is -0.480 e. The first-order valence-corrected chi connectivity index (χ1v) is 6.25. The van der Waals surface area contributed by atoms with E-state index in [1.165, 1.54) is 12.0 Å². The van der Waals surface area contributed by atoms with Gasteiger partial charge >= 0.3 is 0 Å². The minimum atomic E-state index is 0.0166. The summed E-state index contributed by atoms with van der Waals surface area (Å²) < 4.78 is 7.15. The molecule has 0 aliphatic carbocycles. The molecule has 0 aromatic carbocycles. The van der Waals surface area contributed by atoms with E-state index in [4.69, 9.17) is 4.74 Å². The van der Waals surface area contributed by atoms with Crippen molar-refractivity contribution in [3.05, 3.63) is 18.0 Å². The molecule has 0 saturated carbocycles. The van der Waals surface area contributed by atoms with Crippen LogP contribution in [0.2, 0.25) is 0 Å². The zero-order valence-corrected chi connectivity index (χ0v) is 11.0. The number of nitrogens with one attached hydrogen (secondary N) is 1. The number of hydrogen-bond acceptors (Lipinski definition) is 4. The third-order valence-electron chi connectivity index (χ3n) is 3.82. The van der Waals surface area contributed by atoms with E-state index < -0.39 is 0 Å². The Morgan fingerprint density at radius 3 is 3.00 bits per heavy atom. The molecule has 1 aliphatic rings. The van der Waals surface area contributed by atoms with Gasteiger partial charge in [0.05, 0.1) is 13.3 Å². The Morgan fingerprint density at radius 1 is 1.50 bits per heavy atom. The maximum absolute atomic E-state index is 5.13. The summed E-state index contributed by atoms with van der Waals surface area (Å²) in [6, 6.07) is 0. The van der Waals surface area contributed by atoms with Gasteiger partial charge in [-0.3, -0.25) is 0 Å². The Bertz CT molecular complexity index is 584. The first-order chi connectivity index (χ1) is 8.64. The SMILES string of the molecule is COc1cnc2c(C3(C)CCCN3)cn(C)c2n1. The van der Waals surface area contributed by atoms with Crippen LogP contribution in [0.3, 0.4) is 0 Å². The Kier molecular flexibility index (Phi) is 2.52. The van der Waals surface area contributed by atoms with E-state index in [9.17, 15) is 0 Å². The van der Waals surface area contributed by atoms with Gasteiger partial charge in [-0.25, -0.2) is 4.98 Å². The molecule has 0 spiro atoms. The number of aryl methyl sites for hydroxylation is 1. The van der Waals surface area contributed by atoms with E-state index in [1.807, 2.05) is 11.6 Å². The van der Waals surface area contributed by atoms with E-state index >= 15 is 0 Å². The molecule has 1 saturated heterocycles. The van der Waals surface area contributed by atoms with Crippen LogP contribution in [-0.2, 0) is 12.6 Å². The number of rotatable bonds is 2. The lowest BCUT2D eigenvalue weighted by atomic mass is 9.92. The number of ether oxygens (including phenoxy) is 1. The van der Waals surface area contributed by atoms with Crippen LogP contribution in [0.5, 0.6) is 5.88 Å². The smallest absolute Gasteiger partial charge is 0.234 e. The zero-order valence-electron chi connectivity index (χ0n) is 11.0. The molecule has 18 heavy (non-hydrogen) atoms. The quantitative estimate of drug-likeness (QED) is 0.874. The van der Waals surface area contributed by atoms with Gasteiger partial charge in [0.1, 0.15) is 5.52 Å². The van der Waals surface area contributed by atoms with E-state index in [0.29, 0.717) is 5.88 Å². The number of hydrogen-bond donors (Lipinski definition) is 1. The summed E-state index contributed by atoms with van der Waals surface area (Å²) in [6.45, 7) is 3.30. The molecule has 5 heteroatoms. The van der Waals surface area contributed by atoms with Gasteiger partial charge in [-0.1, -0.05) is 0 Å². The van der Waals surface area contributed by atoms with Crippen molar-refractivity contribution in [2.75, 3.05) is 13.7 Å². The molecule has 1 unspecified atom stereocenters. The summed E-state index contributed by atoms with van der Waals surface area (Å²) in [5.74, 6) is 0.555. The van der Waals surface area contributed by atoms with Crippen molar-refractivity contribution in [3.8, 4) is 5.88 Å². The highest BCUT2D eigenvalue weighted by Crippen LogP contribution is 2.34. The van der Waals surface area contributed by atoms with Crippen molar-refractivity contribution in [2.45, 2.75) is 25.3 Å². The molecule has 1 fully saturated rings. The van der Waals surface area contributed by atoms with Crippen LogP contribution in [0.4, 0.5) is 0 Å². The second-order valence-electron chi connectivity index (χ2n) is 5.10. The Hall–Kier alpha value is -1.62. The summed E-state index contributed by atoms with van der Waals surface area (Å²) in [6.07, 6.45) is 6.16. The first kappa shape index (κ1) is 11.5. The lowest BCUT2D eigenvalue weighted by Crippen LogP contribution is -2.33. The van der Waals surface area contributed by atoms with Crippen LogP contribution in [0, 0.1) is 0 Å². The lowest BCUT2D eigenvalue weighted by Gasteiger charge is -2.23. The number of fused-ring (bicyclic) bond motifs is 1. The van der Waals surface area contributed by atoms with Crippen molar-refractivity contribution >= 4 is 11.2 Å². The van der Waals surface area contributed by atoms with Crippen molar-refractivity contribution in [1.82, 2.24) is 19.9 Å². The van der Waals surface area contributed by atoms with Crippen molar-refractivity contribution < 1.29 is 4.74 Å². The maximum Gasteiger partial charge on any atom is 0.234 e. The monoisotopic (exact) mass is 246 g/mol. The van der Waals surface area contributed by atoms with Crippen LogP contribution in [0.1, 0.15) is 25.3 Å². The van der Waals surface area contributed by atoms with Crippen LogP contribution in [0.25, 0.3) is 11.2 Å². The molecule has 1 aliphatic heterocycles. The Balaban J connectivity index is 2.19. The third kappa shape index (κ3) is 1.58. The molecule has 1 atom stereocenters. The van der Waals surface area contributed by atoms with Crippen molar-refractivity contribution in [2.24, 2.45) is 7.05 Å². The van der Waals surface area contributed by atoms with Gasteiger partial charge in [0, 0.05) is 24.3 Å². The van der Waals surface area contributed by atoms with Gasteiger partial charge in [0.15, 0.2) is 5.65 Å². The fourth-order valence-corrected chi connectivity index (χ4v) is 2.74. The van der Waals surface area contributed by atoms with Crippen LogP contribution < -0.4 is 10.1 Å². The molecule has 0 radical (unpaired) electrons. The van der Waals surface area contributed by atoms with Crippen LogP contribution in [0.15, 0.2) is 12.4 Å². The highest BCUT2D eigenvalue weighted by atomic mass is 16.5. The average Bonchev–Trinajstić information content (AvgIpc) is 2.95. The highest BCUT2D eigenvalue weighted by Gasteiger charge is 2.33. The zero-order chi connectivity index (χ0) is 12.8. The second-order valence-corrected chi connectivity index (χ2v) is 5.10. The molecule has 2 aromatic heterocycles. The number of methoxy groups -OCH3 is 1. The predicted molar refractivity (Wildman–Crippen MR) is 69.6 cm³/mol. The minimum absolute atomic E-state index is 0.0166. The predicted octanol–water partition coefficient (Wildman–Crippen LogP) is 1.58. The normalized spacial score (nSPS) is 23.7. The molecule has 3 heterocycles. The van der Waals surface area contributed by atoms with Crippen molar-refractivity contribution in [3.63, 3.8) is 0 Å². The van der Waals surface area contributed by atoms with E-state index in [2.05, 4.69) is 28.4 Å². The fourth-order valence-electron chi connectivity index (χ4n) is 2.74. The molecule has 5 nitrogen and oxygen atoms in total. The molecular formula is C13H18N4O. The van der Waals surface area contributed by atoms with Gasteiger partial charge in [0.25, 0.3) is 0 Å². The average molecular weight is 246 g/mol. The first-order valence-electron chi connectivity index (χ1n) is 6.25. The summed E-state index contributed by atoms with van der Waals surface area (Å²) in [5, 5.41) is 3.57. The Morgan fingerprint density at radius 2 is 2.33 bits per heavy atom. The summed E-state index contributed by atoms with van der Waals surface area (Å²) in [5.41, 5.74) is 3.09. The molecule has 0 bridgehead atoms. The summed E-state index contributed by atoms with van der Waals surface area (Å²) in [7, 11) is 3.61. The number of nitrogens with zero attached hydrogens (tertiary/aromatic N) is 3. The van der Waals surface area contributed by atoms with E-state index in [1.54, 1.807) is 13.3 Å². The molecule has 2 aromatic rings. The second kappa shape index (κ2) is 3.95. The van der Waals surface area contributed by atoms with E-state index in [0.717, 1.165) is 24.1 Å². The van der Waals surface area contributed by atoms with Gasteiger partial charge in [-0.2, -0.15) is 4.98 Å². The van der Waals surface area contributed by atoms with Gasteiger partial charge < -0.3 is 14.6 Å². The Labute approximate surface area is 106 Å². The van der Waals surface area contributed by atoms with E-state index in [-0.39, 0.29) is 5.54 Å².